The number of aromatic nitrogens is 1. The number of amides is 3. The molecule has 0 aliphatic heterocycles. The highest BCUT2D eigenvalue weighted by Crippen LogP contribution is 2.31. The maximum Gasteiger partial charge on any atom is 0.272 e. The highest BCUT2D eigenvalue weighted by molar-refractivity contribution is 8.00. The van der Waals surface area contributed by atoms with Crippen molar-refractivity contribution in [2.24, 2.45) is 0 Å². The minimum absolute atomic E-state index is 0.0985. The number of nitrogens with one attached hydrogen (secondary N) is 3. The average molecular weight is 669 g/mol. The highest BCUT2D eigenvalue weighted by Gasteiger charge is 2.17. The lowest BCUT2D eigenvalue weighted by atomic mass is 10.0. The van der Waals surface area contributed by atoms with Gasteiger partial charge in [-0.25, -0.2) is 4.98 Å². The van der Waals surface area contributed by atoms with Crippen LogP contribution in [0.2, 0.25) is 0 Å². The molecule has 1 heterocycles. The summed E-state index contributed by atoms with van der Waals surface area (Å²) in [6, 6.07) is 37.8. The predicted octanol–water partition coefficient (Wildman–Crippen LogP) is 8.72. The Bertz CT molecular complexity index is 2140. The molecule has 9 heteroatoms. The minimum atomic E-state index is -0.476. The predicted molar refractivity (Wildman–Crippen MR) is 197 cm³/mol. The van der Waals surface area contributed by atoms with E-state index in [1.54, 1.807) is 42.5 Å². The Labute approximate surface area is 287 Å². The van der Waals surface area contributed by atoms with Gasteiger partial charge in [-0.05, 0) is 66.6 Å². The van der Waals surface area contributed by atoms with Crippen LogP contribution >= 0.6 is 23.1 Å². The quantitative estimate of drug-likeness (QED) is 0.100. The molecule has 3 N–H and O–H groups in total. The molecule has 0 saturated heterocycles. The Kier molecular flexibility index (Phi) is 10.1. The summed E-state index contributed by atoms with van der Waals surface area (Å²) in [4.78, 5) is 46.1. The average Bonchev–Trinajstić information content (AvgIpc) is 3.47. The maximum atomic E-state index is 13.7. The van der Waals surface area contributed by atoms with Crippen LogP contribution < -0.4 is 16.0 Å². The number of thioether (sulfide) groups is 1. The van der Waals surface area contributed by atoms with Gasteiger partial charge in [0.1, 0.15) is 5.70 Å². The van der Waals surface area contributed by atoms with E-state index in [2.05, 4.69) is 20.9 Å². The number of nitrogens with zero attached hydrogens (tertiary/aromatic N) is 1. The number of benzene rings is 5. The first-order valence-electron chi connectivity index (χ1n) is 15.3. The van der Waals surface area contributed by atoms with Gasteiger partial charge < -0.3 is 16.0 Å². The molecule has 6 aromatic rings. The van der Waals surface area contributed by atoms with E-state index < -0.39 is 11.8 Å². The fraction of sp³-hybridized carbons (Fsp3) is 0.0769. The van der Waals surface area contributed by atoms with Gasteiger partial charge >= 0.3 is 0 Å². The van der Waals surface area contributed by atoms with Crippen molar-refractivity contribution in [3.63, 3.8) is 0 Å². The molecule has 6 rings (SSSR count). The van der Waals surface area contributed by atoms with E-state index in [9.17, 15) is 14.4 Å². The summed E-state index contributed by atoms with van der Waals surface area (Å²) in [5.41, 5.74) is 4.91. The van der Waals surface area contributed by atoms with Crippen molar-refractivity contribution in [2.75, 3.05) is 16.4 Å². The topological polar surface area (TPSA) is 100 Å². The summed E-state index contributed by atoms with van der Waals surface area (Å²) in [6.45, 7) is 4.03. The van der Waals surface area contributed by atoms with Gasteiger partial charge in [-0.1, -0.05) is 96.6 Å². The number of carbonyl (C=O) groups excluding carboxylic acids is 3. The van der Waals surface area contributed by atoms with E-state index in [0.29, 0.717) is 16.4 Å². The lowest BCUT2D eigenvalue weighted by Gasteiger charge is -2.13. The molecule has 5 aromatic carbocycles. The Hall–Kier alpha value is -5.51. The van der Waals surface area contributed by atoms with E-state index in [1.165, 1.54) is 28.7 Å². The van der Waals surface area contributed by atoms with Crippen molar-refractivity contribution in [1.82, 2.24) is 10.3 Å². The van der Waals surface area contributed by atoms with Crippen LogP contribution in [0.4, 0.5) is 10.8 Å². The van der Waals surface area contributed by atoms with Crippen molar-refractivity contribution >= 4 is 68.5 Å². The van der Waals surface area contributed by atoms with Gasteiger partial charge in [0.25, 0.3) is 11.8 Å². The standard InChI is InChI=1S/C39H32N4O3S2/c1-25-18-20-28(21-19-25)36-26(2)48-39(43-36)42-35(44)24-47-32-16-9-15-31(23-32)40-38(46)34(41-37(45)29-11-4-3-5-12-29)22-30-14-8-13-27-10-6-7-17-33(27)30/h3-23H,24H2,1-2H3,(H,40,46)(H,41,45)(H,42,43,44)/b34-22+. The first-order valence-corrected chi connectivity index (χ1v) is 17.1. The van der Waals surface area contributed by atoms with Crippen LogP contribution in [0.15, 0.2) is 132 Å². The molecule has 0 aliphatic rings. The summed E-state index contributed by atoms with van der Waals surface area (Å²) in [5, 5.41) is 11.2. The molecule has 0 saturated carbocycles. The molecular weight excluding hydrogens is 637 g/mol. The monoisotopic (exact) mass is 668 g/mol. The second kappa shape index (κ2) is 14.9. The molecule has 48 heavy (non-hydrogen) atoms. The van der Waals surface area contributed by atoms with Gasteiger partial charge in [-0.2, -0.15) is 0 Å². The third-order valence-electron chi connectivity index (χ3n) is 7.48. The Balaban J connectivity index is 1.14. The summed E-state index contributed by atoms with van der Waals surface area (Å²) in [6.07, 6.45) is 1.69. The van der Waals surface area contributed by atoms with E-state index in [-0.39, 0.29) is 17.4 Å². The molecule has 1 aromatic heterocycles. The Morgan fingerprint density at radius 1 is 0.792 bits per heavy atom. The number of fused-ring (bicyclic) bond motifs is 1. The summed E-state index contributed by atoms with van der Waals surface area (Å²) in [7, 11) is 0. The molecule has 0 atom stereocenters. The number of thiazole rings is 1. The van der Waals surface area contributed by atoms with E-state index in [4.69, 9.17) is 0 Å². The summed E-state index contributed by atoms with van der Waals surface area (Å²) in [5.74, 6) is -0.887. The number of hydrogen-bond donors (Lipinski definition) is 3. The molecule has 7 nitrogen and oxygen atoms in total. The van der Waals surface area contributed by atoms with Crippen LogP contribution in [0, 0.1) is 13.8 Å². The van der Waals surface area contributed by atoms with Gasteiger partial charge in [0.15, 0.2) is 5.13 Å². The lowest BCUT2D eigenvalue weighted by Crippen LogP contribution is -2.30. The zero-order chi connectivity index (χ0) is 33.5. The SMILES string of the molecule is Cc1ccc(-c2nc(NC(=O)CSc3cccc(NC(=O)/C(=C\c4cccc5ccccc45)NC(=O)c4ccccc4)c3)sc2C)cc1. The van der Waals surface area contributed by atoms with Crippen LogP contribution in [-0.2, 0) is 9.59 Å². The molecule has 3 amide bonds. The molecule has 0 unspecified atom stereocenters. The molecular formula is C39H32N4O3S2. The van der Waals surface area contributed by atoms with Crippen molar-refractivity contribution in [2.45, 2.75) is 18.7 Å². The van der Waals surface area contributed by atoms with Gasteiger partial charge in [-0.3, -0.25) is 14.4 Å². The second-order valence-corrected chi connectivity index (χ2v) is 13.3. The number of aryl methyl sites for hydroxylation is 2. The first-order chi connectivity index (χ1) is 23.3. The fourth-order valence-corrected chi connectivity index (χ4v) is 6.68. The molecule has 0 bridgehead atoms. The third kappa shape index (κ3) is 8.06. The lowest BCUT2D eigenvalue weighted by molar-refractivity contribution is -0.114. The molecule has 238 valence electrons. The number of hydrogen-bond acceptors (Lipinski definition) is 6. The van der Waals surface area contributed by atoms with Gasteiger partial charge in [0.05, 0.1) is 11.4 Å². The fourth-order valence-electron chi connectivity index (χ4n) is 5.07. The molecule has 0 fully saturated rings. The zero-order valence-electron chi connectivity index (χ0n) is 26.3. The molecule has 0 spiro atoms. The molecule has 0 radical (unpaired) electrons. The zero-order valence-corrected chi connectivity index (χ0v) is 28.0. The number of rotatable bonds is 10. The number of anilines is 2. The molecule has 0 aliphatic carbocycles. The smallest absolute Gasteiger partial charge is 0.272 e. The Morgan fingerprint density at radius 3 is 2.33 bits per heavy atom. The van der Waals surface area contributed by atoms with Crippen molar-refractivity contribution in [1.29, 1.82) is 0 Å². The largest absolute Gasteiger partial charge is 0.321 e. The van der Waals surface area contributed by atoms with Crippen LogP contribution in [0.1, 0.15) is 26.4 Å². The van der Waals surface area contributed by atoms with Crippen LogP contribution in [0.5, 0.6) is 0 Å². The third-order valence-corrected chi connectivity index (χ3v) is 9.36. The normalized spacial score (nSPS) is 11.2. The highest BCUT2D eigenvalue weighted by atomic mass is 32.2. The number of carbonyl (C=O) groups is 3. The summed E-state index contributed by atoms with van der Waals surface area (Å²) < 4.78 is 0. The van der Waals surface area contributed by atoms with E-state index in [1.807, 2.05) is 98.8 Å². The van der Waals surface area contributed by atoms with Crippen LogP contribution in [0.3, 0.4) is 0 Å². The minimum Gasteiger partial charge on any atom is -0.321 e. The van der Waals surface area contributed by atoms with Gasteiger partial charge in [-0.15, -0.1) is 23.1 Å². The van der Waals surface area contributed by atoms with Crippen LogP contribution in [0.25, 0.3) is 28.1 Å². The Morgan fingerprint density at radius 2 is 1.52 bits per heavy atom. The van der Waals surface area contributed by atoms with E-state index >= 15 is 0 Å². The first kappa shape index (κ1) is 32.4. The van der Waals surface area contributed by atoms with E-state index in [0.717, 1.165) is 37.4 Å². The van der Waals surface area contributed by atoms with Gasteiger partial charge in [0.2, 0.25) is 5.91 Å². The van der Waals surface area contributed by atoms with Crippen molar-refractivity contribution in [3.05, 3.63) is 149 Å². The summed E-state index contributed by atoms with van der Waals surface area (Å²) >= 11 is 2.79. The van der Waals surface area contributed by atoms with Gasteiger partial charge in [0, 0.05) is 26.6 Å². The maximum absolute atomic E-state index is 13.7. The van der Waals surface area contributed by atoms with Crippen LogP contribution in [-0.4, -0.2) is 28.5 Å². The second-order valence-electron chi connectivity index (χ2n) is 11.1. The van der Waals surface area contributed by atoms with Crippen molar-refractivity contribution in [3.8, 4) is 11.3 Å². The van der Waals surface area contributed by atoms with Crippen molar-refractivity contribution < 1.29 is 14.4 Å².